The second-order valence-electron chi connectivity index (χ2n) is 3.26. The Labute approximate surface area is 66.7 Å². The maximum absolute atomic E-state index is 5.10. The Bertz CT molecular complexity index is 136. The molecule has 2 rings (SSSR count). The van der Waals surface area contributed by atoms with Gasteiger partial charge in [-0.3, -0.25) is 0 Å². The summed E-state index contributed by atoms with van der Waals surface area (Å²) in [6, 6.07) is 1.36. The molecule has 3 heteroatoms. The largest absolute Gasteiger partial charge is 0.381 e. The Morgan fingerprint density at radius 3 is 2.60 bits per heavy atom. The van der Waals surface area contributed by atoms with E-state index in [-0.39, 0.29) is 0 Å². The minimum absolute atomic E-state index is 0.491. The molecule has 0 bridgehead atoms. The van der Waals surface area contributed by atoms with Crippen molar-refractivity contribution in [3.63, 3.8) is 0 Å². The number of thiol groups is 1. The van der Waals surface area contributed by atoms with E-state index in [1.165, 1.54) is 0 Å². The van der Waals surface area contributed by atoms with Crippen molar-refractivity contribution in [1.82, 2.24) is 5.32 Å². The average molecular weight is 159 g/mol. The summed E-state index contributed by atoms with van der Waals surface area (Å²) in [5.41, 5.74) is 0. The van der Waals surface area contributed by atoms with Gasteiger partial charge in [0.05, 0.1) is 13.2 Å². The fourth-order valence-electron chi connectivity index (χ4n) is 1.50. The third-order valence-electron chi connectivity index (χ3n) is 2.35. The van der Waals surface area contributed by atoms with E-state index in [9.17, 15) is 0 Å². The van der Waals surface area contributed by atoms with Crippen molar-refractivity contribution in [2.75, 3.05) is 13.2 Å². The van der Waals surface area contributed by atoms with Gasteiger partial charge >= 0.3 is 0 Å². The van der Waals surface area contributed by atoms with Gasteiger partial charge in [0, 0.05) is 23.3 Å². The van der Waals surface area contributed by atoms with E-state index in [0.717, 1.165) is 19.1 Å². The third-order valence-corrected chi connectivity index (χ3v) is 2.68. The first-order valence-corrected chi connectivity index (χ1v) is 4.32. The fourth-order valence-corrected chi connectivity index (χ4v) is 1.77. The first-order valence-electron chi connectivity index (χ1n) is 3.81. The molecule has 0 aromatic heterocycles. The Kier molecular flexibility index (Phi) is 1.66. The van der Waals surface area contributed by atoms with Crippen molar-refractivity contribution in [3.8, 4) is 0 Å². The van der Waals surface area contributed by atoms with Crippen LogP contribution >= 0.6 is 12.6 Å². The Morgan fingerprint density at radius 2 is 2.30 bits per heavy atom. The molecule has 1 N–H and O–H groups in total. The van der Waals surface area contributed by atoms with Gasteiger partial charge in [0.2, 0.25) is 0 Å². The van der Waals surface area contributed by atoms with Gasteiger partial charge in [0.15, 0.2) is 0 Å². The highest BCUT2D eigenvalue weighted by Crippen LogP contribution is 2.29. The zero-order valence-corrected chi connectivity index (χ0v) is 6.97. The smallest absolute Gasteiger partial charge is 0.0532 e. The molecule has 0 aromatic rings. The molecule has 0 spiro atoms. The topological polar surface area (TPSA) is 31.2 Å². The predicted octanol–water partition coefficient (Wildman–Crippen LogP) is 0.291. The molecule has 3 atom stereocenters. The van der Waals surface area contributed by atoms with Crippen LogP contribution in [0, 0.1) is 5.92 Å². The molecule has 1 unspecified atom stereocenters. The van der Waals surface area contributed by atoms with Crippen molar-refractivity contribution in [3.05, 3.63) is 0 Å². The van der Waals surface area contributed by atoms with Gasteiger partial charge in [0.25, 0.3) is 0 Å². The highest BCUT2D eigenvalue weighted by molar-refractivity contribution is 7.81. The second-order valence-corrected chi connectivity index (χ2v) is 4.07. The molecular formula is C7H13NOS. The quantitative estimate of drug-likeness (QED) is 0.448. The van der Waals surface area contributed by atoms with Crippen LogP contribution in [0.2, 0.25) is 0 Å². The normalized spacial score (nSPS) is 42.6. The Morgan fingerprint density at radius 1 is 1.60 bits per heavy atom. The molecule has 0 radical (unpaired) electrons. The summed E-state index contributed by atoms with van der Waals surface area (Å²) in [6.07, 6.45) is 0. The molecule has 0 aliphatic carbocycles. The fraction of sp³-hybridized carbons (Fsp3) is 1.00. The molecule has 10 heavy (non-hydrogen) atoms. The van der Waals surface area contributed by atoms with Crippen LogP contribution in [-0.2, 0) is 4.74 Å². The summed E-state index contributed by atoms with van der Waals surface area (Å²) in [5.74, 6) is 0.777. The van der Waals surface area contributed by atoms with Crippen LogP contribution < -0.4 is 5.32 Å². The Balaban J connectivity index is 1.78. The molecule has 2 heterocycles. The molecule has 2 saturated heterocycles. The van der Waals surface area contributed by atoms with E-state index in [4.69, 9.17) is 4.74 Å². The average Bonchev–Trinajstić information content (AvgIpc) is 2.40. The monoisotopic (exact) mass is 159 g/mol. The molecule has 58 valence electrons. The van der Waals surface area contributed by atoms with Crippen LogP contribution in [0.5, 0.6) is 0 Å². The third kappa shape index (κ3) is 1.06. The van der Waals surface area contributed by atoms with Crippen molar-refractivity contribution in [2.45, 2.75) is 24.3 Å². The van der Waals surface area contributed by atoms with Gasteiger partial charge < -0.3 is 10.1 Å². The molecule has 2 aliphatic rings. The maximum Gasteiger partial charge on any atom is 0.0532 e. The molecule has 0 saturated carbocycles. The second kappa shape index (κ2) is 2.40. The van der Waals surface area contributed by atoms with Crippen LogP contribution in [0.25, 0.3) is 0 Å². The number of hydrogen-bond acceptors (Lipinski definition) is 3. The van der Waals surface area contributed by atoms with E-state index < -0.39 is 0 Å². The lowest BCUT2D eigenvalue weighted by Gasteiger charge is -2.25. The summed E-state index contributed by atoms with van der Waals surface area (Å²) >= 11 is 4.37. The highest BCUT2D eigenvalue weighted by Gasteiger charge is 2.46. The summed E-state index contributed by atoms with van der Waals surface area (Å²) in [6.45, 7) is 4.05. The van der Waals surface area contributed by atoms with Crippen molar-refractivity contribution < 1.29 is 4.74 Å². The zero-order chi connectivity index (χ0) is 7.14. The van der Waals surface area contributed by atoms with Crippen molar-refractivity contribution in [1.29, 1.82) is 0 Å². The number of ether oxygens (including phenoxy) is 1. The lowest BCUT2D eigenvalue weighted by molar-refractivity contribution is -0.0328. The Hall–Kier alpha value is 0.270. The van der Waals surface area contributed by atoms with Crippen LogP contribution in [0.4, 0.5) is 0 Å². The molecule has 2 nitrogen and oxygen atoms in total. The van der Waals surface area contributed by atoms with Gasteiger partial charge in [-0.1, -0.05) is 6.92 Å². The number of nitrogens with one attached hydrogen (secondary N) is 1. The SMILES string of the molecule is CC(S)[C@H]1N[C@@H]1C1COC1. The van der Waals surface area contributed by atoms with E-state index in [1.807, 2.05) is 0 Å². The number of rotatable bonds is 2. The van der Waals surface area contributed by atoms with Crippen LogP contribution in [0.3, 0.4) is 0 Å². The summed E-state index contributed by atoms with van der Waals surface area (Å²) in [4.78, 5) is 0. The molecule has 0 aromatic carbocycles. The molecule has 2 fully saturated rings. The minimum Gasteiger partial charge on any atom is -0.381 e. The van der Waals surface area contributed by atoms with Crippen LogP contribution in [0.1, 0.15) is 6.92 Å². The molecule has 0 amide bonds. The van der Waals surface area contributed by atoms with Crippen LogP contribution in [-0.4, -0.2) is 30.5 Å². The predicted molar refractivity (Wildman–Crippen MR) is 43.5 cm³/mol. The summed E-state index contributed by atoms with van der Waals surface area (Å²) in [5, 5.41) is 3.90. The van der Waals surface area contributed by atoms with Crippen LogP contribution in [0.15, 0.2) is 0 Å². The van der Waals surface area contributed by atoms with Gasteiger partial charge in [-0.05, 0) is 0 Å². The highest BCUT2D eigenvalue weighted by atomic mass is 32.1. The standard InChI is InChI=1S/C7H13NOS/c1-4(10)6-7(8-6)5-2-9-3-5/h4-8,10H,2-3H2,1H3/t4?,6-,7-/m1/s1. The molecular weight excluding hydrogens is 146 g/mol. The minimum atomic E-state index is 0.491. The summed E-state index contributed by atoms with van der Waals surface area (Å²) in [7, 11) is 0. The van der Waals surface area contributed by atoms with Gasteiger partial charge in [-0.15, -0.1) is 0 Å². The van der Waals surface area contributed by atoms with Crippen molar-refractivity contribution >= 4 is 12.6 Å². The van der Waals surface area contributed by atoms with E-state index in [0.29, 0.717) is 17.3 Å². The maximum atomic E-state index is 5.10. The number of hydrogen-bond donors (Lipinski definition) is 2. The summed E-state index contributed by atoms with van der Waals surface area (Å²) < 4.78 is 5.10. The molecule has 2 aliphatic heterocycles. The first-order chi connectivity index (χ1) is 4.79. The van der Waals surface area contributed by atoms with Gasteiger partial charge in [-0.2, -0.15) is 12.6 Å². The lowest BCUT2D eigenvalue weighted by atomic mass is 10.0. The lowest BCUT2D eigenvalue weighted by Crippen LogP contribution is -2.34. The zero-order valence-electron chi connectivity index (χ0n) is 6.08. The van der Waals surface area contributed by atoms with Crippen molar-refractivity contribution in [2.24, 2.45) is 5.92 Å². The van der Waals surface area contributed by atoms with Gasteiger partial charge in [-0.25, -0.2) is 0 Å². The first kappa shape index (κ1) is 6.95. The van der Waals surface area contributed by atoms with E-state index in [1.54, 1.807) is 0 Å². The van der Waals surface area contributed by atoms with E-state index in [2.05, 4.69) is 24.9 Å². The van der Waals surface area contributed by atoms with E-state index >= 15 is 0 Å². The van der Waals surface area contributed by atoms with Gasteiger partial charge in [0.1, 0.15) is 0 Å².